The van der Waals surface area contributed by atoms with Crippen LogP contribution in [0.3, 0.4) is 0 Å². The Bertz CT molecular complexity index is 1310. The standard InChI is InChI=1S/C29H37N5O3/c1-7-25-24(27-30-20(2)18-21(3)34(27)31-25)19-23-10-8-22(9-11-23)12-13-26(35)32-14-16-33(17-15-32)28(36)37-29(4,5)6/h8-13,18H,7,14-17,19H2,1-6H3. The summed E-state index contributed by atoms with van der Waals surface area (Å²) in [4.78, 5) is 33.1. The molecule has 8 nitrogen and oxygen atoms in total. The number of carbonyl (C=O) groups is 2. The lowest BCUT2D eigenvalue weighted by molar-refractivity contribution is -0.127. The lowest BCUT2D eigenvalue weighted by atomic mass is 10.0. The first-order valence-corrected chi connectivity index (χ1v) is 12.9. The second-order valence-electron chi connectivity index (χ2n) is 10.6. The molecule has 1 aromatic carbocycles. The number of hydrogen-bond donors (Lipinski definition) is 0. The van der Waals surface area contributed by atoms with Crippen LogP contribution in [0.25, 0.3) is 11.7 Å². The van der Waals surface area contributed by atoms with E-state index in [1.807, 2.05) is 56.5 Å². The van der Waals surface area contributed by atoms with Gasteiger partial charge in [0.05, 0.1) is 5.69 Å². The zero-order valence-electron chi connectivity index (χ0n) is 22.7. The van der Waals surface area contributed by atoms with Crippen LogP contribution < -0.4 is 0 Å². The third-order valence-electron chi connectivity index (χ3n) is 6.43. The number of ether oxygens (including phenoxy) is 1. The van der Waals surface area contributed by atoms with Crippen LogP contribution in [0.1, 0.15) is 61.5 Å². The largest absolute Gasteiger partial charge is 0.444 e. The van der Waals surface area contributed by atoms with Crippen LogP contribution in [-0.4, -0.2) is 68.2 Å². The first-order chi connectivity index (χ1) is 17.5. The third-order valence-corrected chi connectivity index (χ3v) is 6.43. The van der Waals surface area contributed by atoms with E-state index in [1.54, 1.807) is 15.9 Å². The number of hydrogen-bond acceptors (Lipinski definition) is 5. The predicted octanol–water partition coefficient (Wildman–Crippen LogP) is 4.59. The number of nitrogens with zero attached hydrogens (tertiary/aromatic N) is 5. The Balaban J connectivity index is 1.37. The SMILES string of the molecule is CCc1nn2c(C)cc(C)nc2c1Cc1ccc(C=CC(=O)N2CCN(C(=O)OC(C)(C)C)CC2)cc1. The molecule has 0 spiro atoms. The van der Waals surface area contributed by atoms with Crippen molar-refractivity contribution in [1.82, 2.24) is 24.4 Å². The van der Waals surface area contributed by atoms with E-state index in [0.29, 0.717) is 26.2 Å². The highest BCUT2D eigenvalue weighted by Gasteiger charge is 2.27. The Morgan fingerprint density at radius 2 is 1.68 bits per heavy atom. The van der Waals surface area contributed by atoms with Gasteiger partial charge in [-0.1, -0.05) is 31.2 Å². The second kappa shape index (κ2) is 10.7. The van der Waals surface area contributed by atoms with Crippen LogP contribution in [0.4, 0.5) is 4.79 Å². The zero-order chi connectivity index (χ0) is 26.7. The highest BCUT2D eigenvalue weighted by molar-refractivity contribution is 5.92. The average molecular weight is 504 g/mol. The molecule has 1 saturated heterocycles. The fourth-order valence-electron chi connectivity index (χ4n) is 4.53. The minimum atomic E-state index is -0.525. The second-order valence-corrected chi connectivity index (χ2v) is 10.6. The quantitative estimate of drug-likeness (QED) is 0.476. The normalized spacial score (nSPS) is 14.5. The lowest BCUT2D eigenvalue weighted by Crippen LogP contribution is -2.51. The maximum absolute atomic E-state index is 12.7. The van der Waals surface area contributed by atoms with Gasteiger partial charge in [-0.2, -0.15) is 5.10 Å². The van der Waals surface area contributed by atoms with Crippen LogP contribution in [0, 0.1) is 13.8 Å². The number of aromatic nitrogens is 3. The molecule has 0 unspecified atom stereocenters. The number of benzene rings is 1. The van der Waals surface area contributed by atoms with Crippen LogP contribution in [-0.2, 0) is 22.4 Å². The van der Waals surface area contributed by atoms with Crippen LogP contribution >= 0.6 is 0 Å². The summed E-state index contributed by atoms with van der Waals surface area (Å²) in [5, 5.41) is 4.78. The smallest absolute Gasteiger partial charge is 0.410 e. The number of piperazine rings is 1. The molecule has 0 N–H and O–H groups in total. The monoisotopic (exact) mass is 503 g/mol. The molecule has 8 heteroatoms. The van der Waals surface area contributed by atoms with E-state index < -0.39 is 5.60 Å². The fourth-order valence-corrected chi connectivity index (χ4v) is 4.53. The van der Waals surface area contributed by atoms with Crippen molar-refractivity contribution < 1.29 is 14.3 Å². The molecule has 4 rings (SSSR count). The molecular formula is C29H37N5O3. The molecule has 196 valence electrons. The van der Waals surface area contributed by atoms with Crippen LogP contribution in [0.15, 0.2) is 36.4 Å². The molecule has 3 aromatic rings. The molecule has 3 heterocycles. The van der Waals surface area contributed by atoms with Crippen LogP contribution in [0.5, 0.6) is 0 Å². The summed E-state index contributed by atoms with van der Waals surface area (Å²) in [5.74, 6) is -0.0522. The summed E-state index contributed by atoms with van der Waals surface area (Å²) in [5.41, 5.74) is 6.85. The van der Waals surface area contributed by atoms with Crippen molar-refractivity contribution in [3.05, 3.63) is 70.2 Å². The zero-order valence-corrected chi connectivity index (χ0v) is 22.7. The maximum atomic E-state index is 12.7. The van der Waals surface area contributed by atoms with Gasteiger partial charge < -0.3 is 14.5 Å². The molecule has 37 heavy (non-hydrogen) atoms. The molecule has 1 fully saturated rings. The number of amides is 2. The highest BCUT2D eigenvalue weighted by Crippen LogP contribution is 2.21. The van der Waals surface area contributed by atoms with Crippen molar-refractivity contribution in [2.45, 2.75) is 60.0 Å². The number of rotatable bonds is 5. The van der Waals surface area contributed by atoms with Crippen molar-refractivity contribution in [2.24, 2.45) is 0 Å². The molecule has 0 bridgehead atoms. The van der Waals surface area contributed by atoms with E-state index in [4.69, 9.17) is 14.8 Å². The van der Waals surface area contributed by atoms with Crippen molar-refractivity contribution in [1.29, 1.82) is 0 Å². The summed E-state index contributed by atoms with van der Waals surface area (Å²) in [6.07, 6.45) is 4.73. The Morgan fingerprint density at radius 1 is 1.03 bits per heavy atom. The Labute approximate surface area is 218 Å². The summed E-state index contributed by atoms with van der Waals surface area (Å²) >= 11 is 0. The predicted molar refractivity (Wildman–Crippen MR) is 145 cm³/mol. The van der Waals surface area contributed by atoms with E-state index in [9.17, 15) is 9.59 Å². The molecule has 1 aliphatic heterocycles. The van der Waals surface area contributed by atoms with Crippen molar-refractivity contribution in [3.63, 3.8) is 0 Å². The lowest BCUT2D eigenvalue weighted by Gasteiger charge is -2.35. The summed E-state index contributed by atoms with van der Waals surface area (Å²) < 4.78 is 7.37. The van der Waals surface area contributed by atoms with E-state index in [0.717, 1.165) is 41.1 Å². The summed E-state index contributed by atoms with van der Waals surface area (Å²) in [6, 6.07) is 10.3. The molecule has 0 atom stereocenters. The summed E-state index contributed by atoms with van der Waals surface area (Å²) in [6.45, 7) is 13.7. The fraction of sp³-hybridized carbons (Fsp3) is 0.448. The topological polar surface area (TPSA) is 80.0 Å². The first-order valence-electron chi connectivity index (χ1n) is 12.9. The Hall–Kier alpha value is -3.68. The number of carbonyl (C=O) groups excluding carboxylic acids is 2. The molecule has 0 saturated carbocycles. The van der Waals surface area contributed by atoms with Gasteiger partial charge in [0.2, 0.25) is 5.91 Å². The van der Waals surface area contributed by atoms with Gasteiger partial charge in [-0.15, -0.1) is 0 Å². The first kappa shape index (κ1) is 26.4. The van der Waals surface area contributed by atoms with Gasteiger partial charge in [-0.25, -0.2) is 14.3 Å². The number of aryl methyl sites for hydroxylation is 3. The van der Waals surface area contributed by atoms with E-state index in [1.165, 1.54) is 11.1 Å². The van der Waals surface area contributed by atoms with E-state index in [2.05, 4.69) is 26.0 Å². The van der Waals surface area contributed by atoms with Gasteiger partial charge in [0, 0.05) is 55.6 Å². The highest BCUT2D eigenvalue weighted by atomic mass is 16.6. The van der Waals surface area contributed by atoms with Gasteiger partial charge in [-0.05, 0) is 64.3 Å². The molecule has 0 aliphatic carbocycles. The maximum Gasteiger partial charge on any atom is 0.410 e. The Morgan fingerprint density at radius 3 is 2.30 bits per heavy atom. The number of fused-ring (bicyclic) bond motifs is 1. The molecule has 1 aliphatic rings. The van der Waals surface area contributed by atoms with Gasteiger partial charge in [0.1, 0.15) is 5.60 Å². The van der Waals surface area contributed by atoms with Crippen molar-refractivity contribution >= 4 is 23.7 Å². The van der Waals surface area contributed by atoms with E-state index in [-0.39, 0.29) is 12.0 Å². The molecule has 0 radical (unpaired) electrons. The van der Waals surface area contributed by atoms with Gasteiger partial charge in [0.15, 0.2) is 5.65 Å². The van der Waals surface area contributed by atoms with Crippen LogP contribution in [0.2, 0.25) is 0 Å². The van der Waals surface area contributed by atoms with Gasteiger partial charge in [0.25, 0.3) is 0 Å². The molecule has 2 amide bonds. The average Bonchev–Trinajstić information content (AvgIpc) is 3.20. The minimum Gasteiger partial charge on any atom is -0.444 e. The van der Waals surface area contributed by atoms with Crippen molar-refractivity contribution in [2.75, 3.05) is 26.2 Å². The van der Waals surface area contributed by atoms with Gasteiger partial charge >= 0.3 is 6.09 Å². The van der Waals surface area contributed by atoms with Gasteiger partial charge in [-0.3, -0.25) is 4.79 Å². The summed E-state index contributed by atoms with van der Waals surface area (Å²) in [7, 11) is 0. The van der Waals surface area contributed by atoms with E-state index >= 15 is 0 Å². The molecular weight excluding hydrogens is 466 g/mol. The minimum absolute atomic E-state index is 0.0522. The van der Waals surface area contributed by atoms with Crippen molar-refractivity contribution in [3.8, 4) is 0 Å². The molecule has 2 aromatic heterocycles. The third kappa shape index (κ3) is 6.37. The Kier molecular flexibility index (Phi) is 7.66.